The number of rotatable bonds is 3. The predicted octanol–water partition coefficient (Wildman–Crippen LogP) is 3.98. The van der Waals surface area contributed by atoms with Crippen molar-refractivity contribution >= 4 is 17.2 Å². The number of ether oxygens (including phenoxy) is 2. The lowest BCUT2D eigenvalue weighted by Crippen LogP contribution is -1.93. The number of aryl methyl sites for hydroxylation is 1. The van der Waals surface area contributed by atoms with Gasteiger partial charge in [0.1, 0.15) is 5.65 Å². The maximum Gasteiger partial charge on any atom is 0.161 e. The van der Waals surface area contributed by atoms with E-state index in [1.54, 1.807) is 14.2 Å². The molecule has 3 rings (SSSR count). The minimum absolute atomic E-state index is 0.668. The number of imidazole rings is 1. The van der Waals surface area contributed by atoms with Crippen molar-refractivity contribution in [3.8, 4) is 22.8 Å². The lowest BCUT2D eigenvalue weighted by Gasteiger charge is -2.10. The van der Waals surface area contributed by atoms with Crippen molar-refractivity contribution in [1.29, 1.82) is 0 Å². The summed E-state index contributed by atoms with van der Waals surface area (Å²) in [4.78, 5) is 4.56. The zero-order valence-corrected chi connectivity index (χ0v) is 12.8. The van der Waals surface area contributed by atoms with Crippen LogP contribution in [-0.4, -0.2) is 23.6 Å². The van der Waals surface area contributed by atoms with Gasteiger partial charge in [-0.25, -0.2) is 4.98 Å². The standard InChI is InChI=1S/C16H15ClN2O2/c1-10-16(19-9-12(17)5-7-15(19)18-10)11-4-6-13(20-2)14(8-11)21-3/h4-9H,1-3H3. The minimum atomic E-state index is 0.668. The molecule has 108 valence electrons. The number of nitrogens with zero attached hydrogens (tertiary/aromatic N) is 2. The van der Waals surface area contributed by atoms with Crippen molar-refractivity contribution in [1.82, 2.24) is 9.38 Å². The first kappa shape index (κ1) is 13.8. The summed E-state index contributed by atoms with van der Waals surface area (Å²) >= 11 is 6.10. The molecule has 0 saturated heterocycles. The maximum atomic E-state index is 6.10. The summed E-state index contributed by atoms with van der Waals surface area (Å²) in [6.45, 7) is 1.98. The third-order valence-electron chi connectivity index (χ3n) is 3.41. The van der Waals surface area contributed by atoms with Crippen molar-refractivity contribution in [3.05, 3.63) is 47.2 Å². The van der Waals surface area contributed by atoms with Gasteiger partial charge in [0.05, 0.1) is 30.6 Å². The molecule has 2 heterocycles. The minimum Gasteiger partial charge on any atom is -0.493 e. The molecule has 0 bridgehead atoms. The SMILES string of the molecule is COc1ccc(-c2c(C)nc3ccc(Cl)cn23)cc1OC. The fourth-order valence-electron chi connectivity index (χ4n) is 2.47. The number of benzene rings is 1. The molecule has 0 fully saturated rings. The van der Waals surface area contributed by atoms with E-state index in [-0.39, 0.29) is 0 Å². The van der Waals surface area contributed by atoms with E-state index in [4.69, 9.17) is 21.1 Å². The Balaban J connectivity index is 2.24. The number of hydrogen-bond acceptors (Lipinski definition) is 3. The van der Waals surface area contributed by atoms with E-state index >= 15 is 0 Å². The molecule has 0 radical (unpaired) electrons. The van der Waals surface area contributed by atoms with Crippen LogP contribution in [0.1, 0.15) is 5.69 Å². The van der Waals surface area contributed by atoms with Crippen molar-refractivity contribution in [2.75, 3.05) is 14.2 Å². The number of hydrogen-bond donors (Lipinski definition) is 0. The quantitative estimate of drug-likeness (QED) is 0.734. The number of fused-ring (bicyclic) bond motifs is 1. The van der Waals surface area contributed by atoms with Crippen LogP contribution in [0.3, 0.4) is 0 Å². The van der Waals surface area contributed by atoms with Gasteiger partial charge in [0, 0.05) is 11.8 Å². The molecule has 1 aromatic carbocycles. The van der Waals surface area contributed by atoms with E-state index in [1.807, 2.05) is 47.9 Å². The molecule has 0 saturated carbocycles. The van der Waals surface area contributed by atoms with Gasteiger partial charge in [0.25, 0.3) is 0 Å². The van der Waals surface area contributed by atoms with Gasteiger partial charge in [-0.05, 0) is 37.3 Å². The Morgan fingerprint density at radius 1 is 1.05 bits per heavy atom. The number of pyridine rings is 1. The van der Waals surface area contributed by atoms with Crippen LogP contribution in [0.2, 0.25) is 5.02 Å². The highest BCUT2D eigenvalue weighted by Gasteiger charge is 2.13. The second-order valence-electron chi connectivity index (χ2n) is 4.69. The summed E-state index contributed by atoms with van der Waals surface area (Å²) in [7, 11) is 3.25. The molecule has 4 nitrogen and oxygen atoms in total. The topological polar surface area (TPSA) is 35.8 Å². The molecule has 0 atom stereocenters. The average Bonchev–Trinajstić information content (AvgIpc) is 2.81. The normalized spacial score (nSPS) is 10.9. The second-order valence-corrected chi connectivity index (χ2v) is 5.13. The lowest BCUT2D eigenvalue weighted by molar-refractivity contribution is 0.355. The van der Waals surface area contributed by atoms with Gasteiger partial charge in [-0.3, -0.25) is 4.40 Å². The van der Waals surface area contributed by atoms with Crippen LogP contribution < -0.4 is 9.47 Å². The van der Waals surface area contributed by atoms with Crippen LogP contribution >= 0.6 is 11.6 Å². The molecule has 0 aliphatic rings. The highest BCUT2D eigenvalue weighted by molar-refractivity contribution is 6.30. The van der Waals surface area contributed by atoms with Crippen molar-refractivity contribution in [2.24, 2.45) is 0 Å². The van der Waals surface area contributed by atoms with E-state index in [0.29, 0.717) is 16.5 Å². The molecule has 21 heavy (non-hydrogen) atoms. The van der Waals surface area contributed by atoms with Crippen LogP contribution in [-0.2, 0) is 0 Å². The third-order valence-corrected chi connectivity index (χ3v) is 3.64. The molecular formula is C16H15ClN2O2. The van der Waals surface area contributed by atoms with Gasteiger partial charge in [-0.1, -0.05) is 11.6 Å². The molecular weight excluding hydrogens is 288 g/mol. The predicted molar refractivity (Wildman–Crippen MR) is 83.5 cm³/mol. The summed E-state index contributed by atoms with van der Waals surface area (Å²) < 4.78 is 12.6. The average molecular weight is 303 g/mol. The fraction of sp³-hybridized carbons (Fsp3) is 0.188. The first-order valence-electron chi connectivity index (χ1n) is 6.50. The molecule has 0 spiro atoms. The molecule has 0 aliphatic carbocycles. The second kappa shape index (κ2) is 5.30. The van der Waals surface area contributed by atoms with E-state index in [0.717, 1.165) is 22.6 Å². The molecule has 0 unspecified atom stereocenters. The van der Waals surface area contributed by atoms with Crippen LogP contribution in [0, 0.1) is 6.92 Å². The number of methoxy groups -OCH3 is 2. The van der Waals surface area contributed by atoms with Crippen LogP contribution in [0.25, 0.3) is 16.9 Å². The summed E-state index contributed by atoms with van der Waals surface area (Å²) in [5.74, 6) is 1.39. The van der Waals surface area contributed by atoms with Crippen molar-refractivity contribution < 1.29 is 9.47 Å². The van der Waals surface area contributed by atoms with Crippen LogP contribution in [0.15, 0.2) is 36.5 Å². The van der Waals surface area contributed by atoms with Crippen molar-refractivity contribution in [3.63, 3.8) is 0 Å². The van der Waals surface area contributed by atoms with Gasteiger partial charge < -0.3 is 9.47 Å². The summed E-state index contributed by atoms with van der Waals surface area (Å²) in [5, 5.41) is 0.668. The van der Waals surface area contributed by atoms with E-state index in [9.17, 15) is 0 Å². The Morgan fingerprint density at radius 3 is 2.52 bits per heavy atom. The highest BCUT2D eigenvalue weighted by atomic mass is 35.5. The molecule has 2 aromatic heterocycles. The van der Waals surface area contributed by atoms with Crippen LogP contribution in [0.5, 0.6) is 11.5 Å². The van der Waals surface area contributed by atoms with Gasteiger partial charge in [0.15, 0.2) is 11.5 Å². The zero-order chi connectivity index (χ0) is 15.0. The van der Waals surface area contributed by atoms with Gasteiger partial charge in [-0.2, -0.15) is 0 Å². The molecule has 0 aliphatic heterocycles. The monoisotopic (exact) mass is 302 g/mol. The maximum absolute atomic E-state index is 6.10. The van der Waals surface area contributed by atoms with Crippen LogP contribution in [0.4, 0.5) is 0 Å². The van der Waals surface area contributed by atoms with Gasteiger partial charge in [-0.15, -0.1) is 0 Å². The Kier molecular flexibility index (Phi) is 3.47. The Morgan fingerprint density at radius 2 is 1.81 bits per heavy atom. The summed E-state index contributed by atoms with van der Waals surface area (Å²) in [5.41, 5.74) is 3.79. The zero-order valence-electron chi connectivity index (χ0n) is 12.1. The highest BCUT2D eigenvalue weighted by Crippen LogP contribution is 2.34. The fourth-order valence-corrected chi connectivity index (χ4v) is 2.63. The van der Waals surface area contributed by atoms with Crippen molar-refractivity contribution in [2.45, 2.75) is 6.92 Å². The molecule has 0 amide bonds. The summed E-state index contributed by atoms with van der Waals surface area (Å²) in [6, 6.07) is 9.55. The smallest absolute Gasteiger partial charge is 0.161 e. The Bertz CT molecular complexity index is 811. The molecule has 3 aromatic rings. The Hall–Kier alpha value is -2.20. The molecule has 0 N–H and O–H groups in total. The van der Waals surface area contributed by atoms with E-state index in [1.165, 1.54) is 0 Å². The largest absolute Gasteiger partial charge is 0.493 e. The number of aromatic nitrogens is 2. The molecule has 5 heteroatoms. The lowest BCUT2D eigenvalue weighted by atomic mass is 10.1. The van der Waals surface area contributed by atoms with E-state index in [2.05, 4.69) is 4.98 Å². The third kappa shape index (κ3) is 2.32. The summed E-state index contributed by atoms with van der Waals surface area (Å²) in [6.07, 6.45) is 1.86. The first-order valence-corrected chi connectivity index (χ1v) is 6.88. The number of halogens is 1. The van der Waals surface area contributed by atoms with E-state index < -0.39 is 0 Å². The van der Waals surface area contributed by atoms with Gasteiger partial charge >= 0.3 is 0 Å². The Labute approximate surface area is 127 Å². The first-order chi connectivity index (χ1) is 10.1. The van der Waals surface area contributed by atoms with Gasteiger partial charge in [0.2, 0.25) is 0 Å².